The van der Waals surface area contributed by atoms with Crippen LogP contribution in [0.2, 0.25) is 0 Å². The van der Waals surface area contributed by atoms with E-state index in [1.165, 1.54) is 6.20 Å². The van der Waals surface area contributed by atoms with Crippen LogP contribution < -0.4 is 16.6 Å². The van der Waals surface area contributed by atoms with Gasteiger partial charge in [-0.1, -0.05) is 0 Å². The molecule has 0 aromatic carbocycles. The van der Waals surface area contributed by atoms with Crippen LogP contribution in [0, 0.1) is 0 Å². The number of rotatable bonds is 3. The monoisotopic (exact) mass is 315 g/mol. The van der Waals surface area contributed by atoms with Crippen molar-refractivity contribution in [2.75, 3.05) is 18.9 Å². The molecule has 1 fully saturated rings. The predicted octanol–water partition coefficient (Wildman–Crippen LogP) is 0.477. The Labute approximate surface area is 131 Å². The summed E-state index contributed by atoms with van der Waals surface area (Å²) in [5.41, 5.74) is -0.386. The summed E-state index contributed by atoms with van der Waals surface area (Å²) in [6.45, 7) is 0.569. The lowest BCUT2D eigenvalue weighted by Gasteiger charge is -2.25. The summed E-state index contributed by atoms with van der Waals surface area (Å²) >= 11 is 0. The van der Waals surface area contributed by atoms with E-state index in [1.54, 1.807) is 18.1 Å². The molecule has 0 spiro atoms. The number of nitrogens with zero attached hydrogens (tertiary/aromatic N) is 2. The van der Waals surface area contributed by atoms with E-state index in [0.717, 1.165) is 24.2 Å². The number of nitrogens with one attached hydrogen (secondary N) is 3. The maximum atomic E-state index is 12.7. The molecule has 3 rings (SSSR count). The van der Waals surface area contributed by atoms with Gasteiger partial charge in [-0.25, -0.2) is 9.78 Å². The lowest BCUT2D eigenvalue weighted by molar-refractivity contribution is 0.0733. The molecule has 1 amide bonds. The summed E-state index contributed by atoms with van der Waals surface area (Å²) < 4.78 is 0. The van der Waals surface area contributed by atoms with Gasteiger partial charge in [-0.15, -0.1) is 0 Å². The van der Waals surface area contributed by atoms with E-state index in [2.05, 4.69) is 20.3 Å². The van der Waals surface area contributed by atoms with E-state index in [9.17, 15) is 14.4 Å². The summed E-state index contributed by atoms with van der Waals surface area (Å²) in [5, 5.41) is 2.97. The van der Waals surface area contributed by atoms with Gasteiger partial charge >= 0.3 is 5.69 Å². The van der Waals surface area contributed by atoms with Crippen molar-refractivity contribution in [3.63, 3.8) is 0 Å². The molecule has 8 heteroatoms. The largest absolute Gasteiger partial charge is 0.373 e. The summed E-state index contributed by atoms with van der Waals surface area (Å²) in [5.74, 6) is 0.344. The van der Waals surface area contributed by atoms with Gasteiger partial charge in [0.2, 0.25) is 0 Å². The molecule has 1 atom stereocenters. The van der Waals surface area contributed by atoms with Gasteiger partial charge in [0.1, 0.15) is 11.4 Å². The average molecular weight is 315 g/mol. The van der Waals surface area contributed by atoms with Crippen molar-refractivity contribution >= 4 is 11.7 Å². The summed E-state index contributed by atoms with van der Waals surface area (Å²) in [4.78, 5) is 45.9. The van der Waals surface area contributed by atoms with Crippen molar-refractivity contribution in [1.82, 2.24) is 19.9 Å². The third-order valence-corrected chi connectivity index (χ3v) is 3.99. The fourth-order valence-corrected chi connectivity index (χ4v) is 2.87. The minimum absolute atomic E-state index is 0.0561. The number of H-pyrrole nitrogens is 2. The molecule has 3 N–H and O–H groups in total. The third kappa shape index (κ3) is 2.87. The van der Waals surface area contributed by atoms with Crippen LogP contribution in [0.4, 0.5) is 5.82 Å². The minimum Gasteiger partial charge on any atom is -0.373 e. The number of likely N-dealkylation sites (tertiary alicyclic amines) is 1. The second kappa shape index (κ2) is 6.07. The van der Waals surface area contributed by atoms with Gasteiger partial charge in [-0.2, -0.15) is 0 Å². The van der Waals surface area contributed by atoms with Gasteiger partial charge in [0.15, 0.2) is 0 Å². The van der Waals surface area contributed by atoms with Crippen molar-refractivity contribution in [3.05, 3.63) is 56.5 Å². The smallest absolute Gasteiger partial charge is 0.325 e. The number of anilines is 1. The molecular weight excluding hydrogens is 298 g/mol. The number of carbonyl (C=O) groups excluding carboxylic acids is 1. The van der Waals surface area contributed by atoms with Crippen LogP contribution in [0.5, 0.6) is 0 Å². The van der Waals surface area contributed by atoms with Crippen LogP contribution in [-0.2, 0) is 0 Å². The molecule has 0 saturated carbocycles. The van der Waals surface area contributed by atoms with Gasteiger partial charge in [-0.3, -0.25) is 14.6 Å². The average Bonchev–Trinajstić information content (AvgIpc) is 3.04. The van der Waals surface area contributed by atoms with E-state index in [-0.39, 0.29) is 17.5 Å². The molecular formula is C15H17N5O3. The molecule has 0 bridgehead atoms. The number of pyridine rings is 1. The highest BCUT2D eigenvalue weighted by Gasteiger charge is 2.32. The Bertz CT molecular complexity index is 841. The van der Waals surface area contributed by atoms with Crippen LogP contribution in [0.25, 0.3) is 0 Å². The van der Waals surface area contributed by atoms with Crippen LogP contribution in [0.3, 0.4) is 0 Å². The second-order valence-electron chi connectivity index (χ2n) is 5.37. The fourth-order valence-electron chi connectivity index (χ4n) is 2.87. The fraction of sp³-hybridized carbons (Fsp3) is 0.333. The molecule has 1 saturated heterocycles. The van der Waals surface area contributed by atoms with Crippen molar-refractivity contribution in [3.8, 4) is 0 Å². The first-order valence-corrected chi connectivity index (χ1v) is 7.37. The first kappa shape index (κ1) is 15.0. The van der Waals surface area contributed by atoms with E-state index in [0.29, 0.717) is 6.54 Å². The Morgan fingerprint density at radius 2 is 2.26 bits per heavy atom. The zero-order valence-electron chi connectivity index (χ0n) is 12.6. The maximum absolute atomic E-state index is 12.7. The molecule has 1 aliphatic heterocycles. The number of hydrogen-bond acceptors (Lipinski definition) is 5. The number of aromatic nitrogens is 3. The number of hydrogen-bond donors (Lipinski definition) is 3. The Morgan fingerprint density at radius 3 is 3.00 bits per heavy atom. The normalized spacial score (nSPS) is 17.3. The molecule has 0 radical (unpaired) electrons. The Balaban J connectivity index is 1.93. The van der Waals surface area contributed by atoms with Gasteiger partial charge in [0.05, 0.1) is 6.04 Å². The third-order valence-electron chi connectivity index (χ3n) is 3.99. The van der Waals surface area contributed by atoms with Gasteiger partial charge in [0.25, 0.3) is 11.5 Å². The number of carbonyl (C=O) groups is 1. The Morgan fingerprint density at radius 1 is 1.43 bits per heavy atom. The quantitative estimate of drug-likeness (QED) is 0.763. The summed E-state index contributed by atoms with van der Waals surface area (Å²) in [7, 11) is 1.78. The lowest BCUT2D eigenvalue weighted by Crippen LogP contribution is -2.36. The van der Waals surface area contributed by atoms with Crippen molar-refractivity contribution in [2.24, 2.45) is 0 Å². The Hall–Kier alpha value is -2.90. The lowest BCUT2D eigenvalue weighted by atomic mass is 10.1. The SMILES string of the molecule is CNc1cc(C2CCCN2C(=O)c2c[nH]c(=O)[nH]c2=O)ccn1. The molecule has 2 aromatic heterocycles. The zero-order chi connectivity index (χ0) is 16.4. The number of aromatic amines is 2. The van der Waals surface area contributed by atoms with Crippen molar-refractivity contribution in [1.29, 1.82) is 0 Å². The molecule has 1 aliphatic rings. The highest BCUT2D eigenvalue weighted by molar-refractivity contribution is 5.94. The molecule has 8 nitrogen and oxygen atoms in total. The second-order valence-corrected chi connectivity index (χ2v) is 5.37. The molecule has 1 unspecified atom stereocenters. The van der Waals surface area contributed by atoms with Gasteiger partial charge < -0.3 is 15.2 Å². The van der Waals surface area contributed by atoms with Crippen LogP contribution >= 0.6 is 0 Å². The summed E-state index contributed by atoms with van der Waals surface area (Å²) in [6.07, 6.45) is 4.54. The van der Waals surface area contributed by atoms with Gasteiger partial charge in [0, 0.05) is 26.0 Å². The highest BCUT2D eigenvalue weighted by Crippen LogP contribution is 2.33. The number of amides is 1. The topological polar surface area (TPSA) is 111 Å². The first-order valence-electron chi connectivity index (χ1n) is 7.37. The van der Waals surface area contributed by atoms with Gasteiger partial charge in [-0.05, 0) is 30.5 Å². The van der Waals surface area contributed by atoms with Crippen molar-refractivity contribution in [2.45, 2.75) is 18.9 Å². The van der Waals surface area contributed by atoms with Crippen LogP contribution in [-0.4, -0.2) is 39.4 Å². The highest BCUT2D eigenvalue weighted by atomic mass is 16.2. The van der Waals surface area contributed by atoms with E-state index in [4.69, 9.17) is 0 Å². The van der Waals surface area contributed by atoms with Crippen LogP contribution in [0.15, 0.2) is 34.1 Å². The summed E-state index contributed by atoms with van der Waals surface area (Å²) in [6, 6.07) is 3.66. The first-order chi connectivity index (χ1) is 11.1. The van der Waals surface area contributed by atoms with Crippen LogP contribution in [0.1, 0.15) is 34.8 Å². The maximum Gasteiger partial charge on any atom is 0.325 e. The molecule has 2 aromatic rings. The van der Waals surface area contributed by atoms with E-state index in [1.807, 2.05) is 12.1 Å². The van der Waals surface area contributed by atoms with E-state index >= 15 is 0 Å². The standard InChI is InChI=1S/C15H17N5O3/c1-16-12-7-9(4-5-17-12)11-3-2-6-20(11)14(22)10-8-18-15(23)19-13(10)21/h4-5,7-8,11H,2-3,6H2,1H3,(H,16,17)(H2,18,19,21,23). The molecule has 23 heavy (non-hydrogen) atoms. The molecule has 120 valence electrons. The van der Waals surface area contributed by atoms with Crippen molar-refractivity contribution < 1.29 is 4.79 Å². The Kier molecular flexibility index (Phi) is 3.96. The molecule has 3 heterocycles. The van der Waals surface area contributed by atoms with E-state index < -0.39 is 11.2 Å². The minimum atomic E-state index is -0.671. The molecule has 0 aliphatic carbocycles. The predicted molar refractivity (Wildman–Crippen MR) is 84.5 cm³/mol. The zero-order valence-corrected chi connectivity index (χ0v) is 12.6.